The van der Waals surface area contributed by atoms with Crippen LogP contribution in [0.2, 0.25) is 0 Å². The second kappa shape index (κ2) is 71.2. The van der Waals surface area contributed by atoms with Crippen LogP contribution < -0.4 is 10.2 Å². The molecular weight excluding hydrogens is 1140 g/mol. The van der Waals surface area contributed by atoms with Crippen LogP contribution in [-0.2, 0) is 18.4 Å². The molecule has 9 heteroatoms. The fraction of sp³-hybridized carbons (Fsp3) is 0.744. The molecule has 0 fully saturated rings. The molecule has 1 amide bonds. The number of unbranched alkanes of at least 4 members (excludes halogenated alkanes) is 39. The third-order valence-electron chi connectivity index (χ3n) is 16.9. The molecule has 0 spiro atoms. The van der Waals surface area contributed by atoms with Crippen LogP contribution in [0.1, 0.15) is 341 Å². The molecule has 0 aromatic carbocycles. The molecule has 0 aliphatic heterocycles. The predicted molar refractivity (Wildman–Crippen MR) is 399 cm³/mol. The number of hydrogen-bond donors (Lipinski definition) is 2. The van der Waals surface area contributed by atoms with Crippen LogP contribution in [-0.4, -0.2) is 68.5 Å². The first kappa shape index (κ1) is 87.9. The first-order valence-corrected chi connectivity index (χ1v) is 39.9. The van der Waals surface area contributed by atoms with Crippen molar-refractivity contribution in [2.24, 2.45) is 0 Å². The molecule has 2 N–H and O–H groups in total. The largest absolute Gasteiger partial charge is 0.756 e. The van der Waals surface area contributed by atoms with Gasteiger partial charge in [0.2, 0.25) is 5.91 Å². The summed E-state index contributed by atoms with van der Waals surface area (Å²) in [5.41, 5.74) is 0. The monoisotopic (exact) mass is 1290 g/mol. The zero-order valence-electron chi connectivity index (χ0n) is 60.3. The smallest absolute Gasteiger partial charge is 0.268 e. The molecule has 0 heterocycles. The maximum Gasteiger partial charge on any atom is 0.268 e. The van der Waals surface area contributed by atoms with Crippen molar-refractivity contribution >= 4 is 13.7 Å². The van der Waals surface area contributed by atoms with Crippen molar-refractivity contribution in [1.29, 1.82) is 0 Å². The number of aliphatic hydroxyl groups excluding tert-OH is 1. The SMILES string of the molecule is CC/C=C\C/C=C\C/C=C\C/C=C\C/C=C\C/C=C\C/C=C\C/C=C\CCCCCCCCCCCCCCC(=O)NC(COP(=O)([O-])OCC[N+](C)(C)C)C(O)/C=C/CC/C=C/CCCCCCCCCCCCCCCCCCCCCCCCCCCC. The number of phosphoric ester groups is 1. The zero-order valence-corrected chi connectivity index (χ0v) is 61.2. The van der Waals surface area contributed by atoms with E-state index in [2.05, 4.69) is 129 Å². The molecule has 91 heavy (non-hydrogen) atoms. The number of aliphatic hydroxyl groups is 1. The summed E-state index contributed by atoms with van der Waals surface area (Å²) in [6.07, 6.45) is 106. The van der Waals surface area contributed by atoms with Gasteiger partial charge in [-0.2, -0.15) is 0 Å². The van der Waals surface area contributed by atoms with Gasteiger partial charge < -0.3 is 28.8 Å². The van der Waals surface area contributed by atoms with Gasteiger partial charge in [-0.1, -0.05) is 360 Å². The molecule has 0 aliphatic rings. The van der Waals surface area contributed by atoms with Gasteiger partial charge in [0.15, 0.2) is 0 Å². The third kappa shape index (κ3) is 74.2. The Kier molecular flexibility index (Phi) is 68.8. The highest BCUT2D eigenvalue weighted by atomic mass is 31.2. The Hall–Kier alpha value is -3.10. The molecule has 0 saturated heterocycles. The summed E-state index contributed by atoms with van der Waals surface area (Å²) < 4.78 is 23.5. The van der Waals surface area contributed by atoms with Crippen molar-refractivity contribution < 1.29 is 32.9 Å². The Morgan fingerprint density at radius 1 is 0.396 bits per heavy atom. The molecule has 0 aromatic heterocycles. The van der Waals surface area contributed by atoms with Crippen molar-refractivity contribution in [3.63, 3.8) is 0 Å². The van der Waals surface area contributed by atoms with Crippen LogP contribution in [0.25, 0.3) is 0 Å². The first-order valence-electron chi connectivity index (χ1n) is 38.4. The van der Waals surface area contributed by atoms with E-state index in [4.69, 9.17) is 9.05 Å². The van der Waals surface area contributed by atoms with Crippen LogP contribution in [0.15, 0.2) is 122 Å². The van der Waals surface area contributed by atoms with E-state index in [1.807, 2.05) is 27.2 Å². The fourth-order valence-corrected chi connectivity index (χ4v) is 11.7. The van der Waals surface area contributed by atoms with Gasteiger partial charge in [0, 0.05) is 6.42 Å². The summed E-state index contributed by atoms with van der Waals surface area (Å²) in [6.45, 7) is 4.54. The zero-order chi connectivity index (χ0) is 66.2. The standard InChI is InChI=1S/C82H147N2O6P/c1-6-8-10-12-14-16-18-20-22-24-26-28-30-32-34-36-38-40-41-42-43-44-46-48-50-52-54-56-58-60-62-64-66-68-70-72-74-76-82(86)83-80(79-90-91(87,88)89-78-77-84(3,4)5)81(85)75-73-71-69-67-65-63-61-59-57-55-53-51-49-47-45-39-37-35-33-31-29-27-25-23-21-19-17-15-13-11-9-7-2/h8,10,14,16,20,22,26,28,32,34,38,40,42-43,46,48,65,67,73,75,80-81,85H,6-7,9,11-13,15,17-19,21,23-25,27,29-31,33,35-37,39,41,44-45,47,49-64,66,68-72,74,76-79H2,1-5H3,(H-,83,86,87,88)/b10-8-,16-14-,22-20-,28-26-,34-32-,40-38-,43-42-,48-46-,67-65+,75-73+. The fourth-order valence-electron chi connectivity index (χ4n) is 11.0. The van der Waals surface area contributed by atoms with Gasteiger partial charge in [-0.05, 0) is 96.3 Å². The molecule has 0 aliphatic carbocycles. The predicted octanol–water partition coefficient (Wildman–Crippen LogP) is 24.5. The van der Waals surface area contributed by atoms with E-state index in [9.17, 15) is 19.4 Å². The number of carbonyl (C=O) groups is 1. The molecule has 3 atom stereocenters. The lowest BCUT2D eigenvalue weighted by Gasteiger charge is -2.29. The minimum absolute atomic E-state index is 0.0111. The van der Waals surface area contributed by atoms with Crippen molar-refractivity contribution in [2.45, 2.75) is 353 Å². The van der Waals surface area contributed by atoms with Crippen molar-refractivity contribution in [3.8, 4) is 0 Å². The van der Waals surface area contributed by atoms with Crippen LogP contribution in [0, 0.1) is 0 Å². The summed E-state index contributed by atoms with van der Waals surface area (Å²) >= 11 is 0. The highest BCUT2D eigenvalue weighted by Crippen LogP contribution is 2.38. The van der Waals surface area contributed by atoms with Gasteiger partial charge >= 0.3 is 0 Å². The number of carbonyl (C=O) groups excluding carboxylic acids is 1. The van der Waals surface area contributed by atoms with E-state index in [0.29, 0.717) is 17.4 Å². The maximum atomic E-state index is 13.1. The Labute approximate surface area is 564 Å². The second-order valence-corrected chi connectivity index (χ2v) is 28.4. The molecule has 0 saturated carbocycles. The number of nitrogens with zero attached hydrogens (tertiary/aromatic N) is 1. The summed E-state index contributed by atoms with van der Waals surface area (Å²) in [5, 5.41) is 14.0. The first-order chi connectivity index (χ1) is 44.5. The average Bonchev–Trinajstić information content (AvgIpc) is 3.42. The number of quaternary nitrogens is 1. The lowest BCUT2D eigenvalue weighted by molar-refractivity contribution is -0.870. The Morgan fingerprint density at radius 2 is 0.681 bits per heavy atom. The minimum Gasteiger partial charge on any atom is -0.756 e. The number of phosphoric acid groups is 1. The molecule has 0 rings (SSSR count). The van der Waals surface area contributed by atoms with Gasteiger partial charge in [0.25, 0.3) is 7.82 Å². The third-order valence-corrected chi connectivity index (χ3v) is 17.9. The van der Waals surface area contributed by atoms with Crippen molar-refractivity contribution in [2.75, 3.05) is 40.9 Å². The van der Waals surface area contributed by atoms with Gasteiger partial charge in [-0.3, -0.25) is 9.36 Å². The van der Waals surface area contributed by atoms with Gasteiger partial charge in [0.1, 0.15) is 13.2 Å². The van der Waals surface area contributed by atoms with Crippen molar-refractivity contribution in [1.82, 2.24) is 5.32 Å². The molecule has 0 bridgehead atoms. The normalized spacial score (nSPS) is 14.2. The van der Waals surface area contributed by atoms with Crippen molar-refractivity contribution in [3.05, 3.63) is 122 Å². The molecular formula is C82H147N2O6P. The van der Waals surface area contributed by atoms with Gasteiger partial charge in [-0.25, -0.2) is 0 Å². The Balaban J connectivity index is 4.09. The molecule has 526 valence electrons. The van der Waals surface area contributed by atoms with Crippen LogP contribution in [0.3, 0.4) is 0 Å². The topological polar surface area (TPSA) is 108 Å². The van der Waals surface area contributed by atoms with E-state index < -0.39 is 26.6 Å². The van der Waals surface area contributed by atoms with E-state index in [0.717, 1.165) is 89.9 Å². The lowest BCUT2D eigenvalue weighted by atomic mass is 10.0. The summed E-state index contributed by atoms with van der Waals surface area (Å²) in [4.78, 5) is 25.7. The Morgan fingerprint density at radius 3 is 1.02 bits per heavy atom. The summed E-state index contributed by atoms with van der Waals surface area (Å²) in [7, 11) is 1.24. The Bertz CT molecular complexity index is 1900. The second-order valence-electron chi connectivity index (χ2n) is 27.0. The lowest BCUT2D eigenvalue weighted by Crippen LogP contribution is -2.45. The van der Waals surface area contributed by atoms with E-state index >= 15 is 0 Å². The van der Waals surface area contributed by atoms with Crippen LogP contribution in [0.5, 0.6) is 0 Å². The number of nitrogens with one attached hydrogen (secondary N) is 1. The van der Waals surface area contributed by atoms with Gasteiger partial charge in [-0.15, -0.1) is 0 Å². The number of rotatable bonds is 70. The number of hydrogen-bond acceptors (Lipinski definition) is 6. The molecule has 3 unspecified atom stereocenters. The maximum absolute atomic E-state index is 13.1. The molecule has 0 aromatic rings. The highest BCUT2D eigenvalue weighted by Gasteiger charge is 2.23. The van der Waals surface area contributed by atoms with Gasteiger partial charge in [0.05, 0.1) is 39.9 Å². The number of amides is 1. The minimum atomic E-state index is -4.62. The molecule has 0 radical (unpaired) electrons. The van der Waals surface area contributed by atoms with Crippen LogP contribution in [0.4, 0.5) is 0 Å². The molecule has 8 nitrogen and oxygen atoms in total. The quantitative estimate of drug-likeness (QED) is 0.0272. The van der Waals surface area contributed by atoms with E-state index in [1.165, 1.54) is 231 Å². The average molecular weight is 1290 g/mol. The number of likely N-dealkylation sites (N-methyl/N-ethyl adjacent to an activating group) is 1. The van der Waals surface area contributed by atoms with E-state index in [-0.39, 0.29) is 12.5 Å². The number of allylic oxidation sites excluding steroid dienone is 19. The van der Waals surface area contributed by atoms with E-state index in [1.54, 1.807) is 6.08 Å². The summed E-state index contributed by atoms with van der Waals surface area (Å²) in [6, 6.07) is -0.914. The highest BCUT2D eigenvalue weighted by molar-refractivity contribution is 7.45. The van der Waals surface area contributed by atoms with Crippen LogP contribution >= 0.6 is 7.82 Å². The summed E-state index contributed by atoms with van der Waals surface area (Å²) in [5.74, 6) is -0.210.